The van der Waals surface area contributed by atoms with Crippen LogP contribution >= 0.6 is 0 Å². The zero-order valence-corrected chi connectivity index (χ0v) is 9.68. The molecule has 0 aliphatic rings. The second-order valence-electron chi connectivity index (χ2n) is 4.02. The lowest BCUT2D eigenvalue weighted by Crippen LogP contribution is -2.10. The van der Waals surface area contributed by atoms with Crippen LogP contribution in [0.4, 0.5) is 8.78 Å². The molecule has 2 N–H and O–H groups in total. The second-order valence-corrected chi connectivity index (χ2v) is 4.02. The Balaban J connectivity index is 2.47. The number of carboxylic acids is 1. The van der Waals surface area contributed by atoms with Gasteiger partial charge in [-0.1, -0.05) is 12.1 Å². The van der Waals surface area contributed by atoms with Crippen LogP contribution in [0, 0.1) is 11.6 Å². The van der Waals surface area contributed by atoms with E-state index in [1.165, 1.54) is 36.4 Å². The number of aliphatic hydroxyl groups is 1. The maximum absolute atomic E-state index is 13.4. The molecule has 3 nitrogen and oxygen atoms in total. The number of halogens is 2. The predicted molar refractivity (Wildman–Crippen MR) is 64.4 cm³/mol. The molecular formula is C14H10F2O3. The Morgan fingerprint density at radius 3 is 2.16 bits per heavy atom. The van der Waals surface area contributed by atoms with Crippen LogP contribution in [0.15, 0.2) is 42.5 Å². The van der Waals surface area contributed by atoms with Gasteiger partial charge in [-0.15, -0.1) is 0 Å². The largest absolute Gasteiger partial charge is 0.479 e. The molecule has 98 valence electrons. The summed E-state index contributed by atoms with van der Waals surface area (Å²) in [5.74, 6) is -2.56. The van der Waals surface area contributed by atoms with Gasteiger partial charge in [0.05, 0.1) is 0 Å². The third-order valence-corrected chi connectivity index (χ3v) is 2.65. The Bertz CT molecular complexity index is 609. The molecule has 2 rings (SSSR count). The Morgan fingerprint density at radius 2 is 1.58 bits per heavy atom. The van der Waals surface area contributed by atoms with E-state index in [-0.39, 0.29) is 5.56 Å². The minimum Gasteiger partial charge on any atom is -0.479 e. The first-order valence-electron chi connectivity index (χ1n) is 5.44. The van der Waals surface area contributed by atoms with Crippen molar-refractivity contribution in [2.45, 2.75) is 6.10 Å². The number of carboxylic acid groups (broad SMARTS) is 1. The van der Waals surface area contributed by atoms with E-state index in [2.05, 4.69) is 0 Å². The normalized spacial score (nSPS) is 12.2. The molecular weight excluding hydrogens is 254 g/mol. The quantitative estimate of drug-likeness (QED) is 0.896. The number of carbonyl (C=O) groups is 1. The second kappa shape index (κ2) is 5.16. The van der Waals surface area contributed by atoms with Gasteiger partial charge in [0.2, 0.25) is 0 Å². The molecule has 0 radical (unpaired) electrons. The fraction of sp³-hybridized carbons (Fsp3) is 0.0714. The van der Waals surface area contributed by atoms with Gasteiger partial charge in [0.15, 0.2) is 6.10 Å². The molecule has 0 amide bonds. The van der Waals surface area contributed by atoms with Gasteiger partial charge in [-0.05, 0) is 47.0 Å². The van der Waals surface area contributed by atoms with E-state index in [0.29, 0.717) is 11.1 Å². The molecule has 1 atom stereocenters. The topological polar surface area (TPSA) is 57.5 Å². The number of hydrogen-bond acceptors (Lipinski definition) is 2. The fourth-order valence-corrected chi connectivity index (χ4v) is 1.72. The number of hydrogen-bond donors (Lipinski definition) is 2. The van der Waals surface area contributed by atoms with Crippen molar-refractivity contribution in [2.24, 2.45) is 0 Å². The lowest BCUT2D eigenvalue weighted by molar-refractivity contribution is -0.146. The molecule has 2 aromatic carbocycles. The van der Waals surface area contributed by atoms with Crippen LogP contribution in [0.3, 0.4) is 0 Å². The van der Waals surface area contributed by atoms with Crippen LogP contribution < -0.4 is 0 Å². The lowest BCUT2D eigenvalue weighted by Gasteiger charge is -2.09. The van der Waals surface area contributed by atoms with E-state index < -0.39 is 23.7 Å². The van der Waals surface area contributed by atoms with Crippen LogP contribution in [-0.4, -0.2) is 16.2 Å². The number of rotatable bonds is 3. The molecule has 2 aromatic rings. The first-order chi connectivity index (χ1) is 8.97. The molecule has 0 saturated heterocycles. The Labute approximate surface area is 107 Å². The molecule has 0 aliphatic carbocycles. The van der Waals surface area contributed by atoms with Crippen LogP contribution in [-0.2, 0) is 4.79 Å². The smallest absolute Gasteiger partial charge is 0.337 e. The van der Waals surface area contributed by atoms with Crippen molar-refractivity contribution in [3.63, 3.8) is 0 Å². The maximum atomic E-state index is 13.4. The zero-order valence-electron chi connectivity index (χ0n) is 9.68. The van der Waals surface area contributed by atoms with E-state index in [1.54, 1.807) is 0 Å². The van der Waals surface area contributed by atoms with Crippen molar-refractivity contribution in [1.82, 2.24) is 0 Å². The Morgan fingerprint density at radius 1 is 0.947 bits per heavy atom. The first-order valence-corrected chi connectivity index (χ1v) is 5.44. The highest BCUT2D eigenvalue weighted by Gasteiger charge is 2.17. The molecule has 0 fully saturated rings. The maximum Gasteiger partial charge on any atom is 0.337 e. The molecule has 1 unspecified atom stereocenters. The minimum atomic E-state index is -1.80. The first kappa shape index (κ1) is 13.2. The van der Waals surface area contributed by atoms with Gasteiger partial charge in [0.1, 0.15) is 11.6 Å². The molecule has 0 spiro atoms. The molecule has 0 aromatic heterocycles. The summed E-state index contributed by atoms with van der Waals surface area (Å²) in [4.78, 5) is 10.7. The molecule has 19 heavy (non-hydrogen) atoms. The summed E-state index contributed by atoms with van der Waals surface area (Å²) in [6, 6.07) is 8.81. The molecule has 0 aliphatic heterocycles. The van der Waals surface area contributed by atoms with Crippen molar-refractivity contribution in [3.05, 3.63) is 59.7 Å². The van der Waals surface area contributed by atoms with Crippen molar-refractivity contribution in [1.29, 1.82) is 0 Å². The van der Waals surface area contributed by atoms with Crippen molar-refractivity contribution in [3.8, 4) is 11.1 Å². The molecule has 0 saturated carbocycles. The Hall–Kier alpha value is -2.27. The van der Waals surface area contributed by atoms with Gasteiger partial charge in [-0.25, -0.2) is 13.6 Å². The monoisotopic (exact) mass is 264 g/mol. The third-order valence-electron chi connectivity index (χ3n) is 2.65. The summed E-state index contributed by atoms with van der Waals surface area (Å²) in [5, 5.41) is 18.1. The summed E-state index contributed by atoms with van der Waals surface area (Å²) in [6.07, 6.45) is -1.80. The highest BCUT2D eigenvalue weighted by atomic mass is 19.1. The van der Waals surface area contributed by atoms with Crippen molar-refractivity contribution in [2.75, 3.05) is 0 Å². The van der Waals surface area contributed by atoms with Gasteiger partial charge < -0.3 is 10.2 Å². The van der Waals surface area contributed by atoms with Crippen molar-refractivity contribution >= 4 is 5.97 Å². The molecule has 0 bridgehead atoms. The Kier molecular flexibility index (Phi) is 3.57. The highest BCUT2D eigenvalue weighted by molar-refractivity contribution is 5.75. The number of aliphatic hydroxyl groups excluding tert-OH is 1. The third kappa shape index (κ3) is 2.95. The van der Waals surface area contributed by atoms with Crippen LogP contribution in [0.2, 0.25) is 0 Å². The van der Waals surface area contributed by atoms with Crippen LogP contribution in [0.25, 0.3) is 11.1 Å². The lowest BCUT2D eigenvalue weighted by atomic mass is 10.0. The van der Waals surface area contributed by atoms with Gasteiger partial charge in [-0.2, -0.15) is 0 Å². The van der Waals surface area contributed by atoms with Crippen LogP contribution in [0.5, 0.6) is 0 Å². The summed E-state index contributed by atoms with van der Waals surface area (Å²) >= 11 is 0. The average Bonchev–Trinajstić information content (AvgIpc) is 2.37. The summed E-state index contributed by atoms with van der Waals surface area (Å²) in [7, 11) is 0. The SMILES string of the molecule is O=C(O)C(O)c1cc(F)cc(-c2ccc(F)cc2)c1. The van der Waals surface area contributed by atoms with Crippen molar-refractivity contribution < 1.29 is 23.8 Å². The van der Waals surface area contributed by atoms with E-state index >= 15 is 0 Å². The van der Waals surface area contributed by atoms with E-state index in [4.69, 9.17) is 5.11 Å². The van der Waals surface area contributed by atoms with Gasteiger partial charge >= 0.3 is 5.97 Å². The van der Waals surface area contributed by atoms with Gasteiger partial charge in [0, 0.05) is 0 Å². The standard InChI is InChI=1S/C14H10F2O3/c15-11-3-1-8(2-4-11)9-5-10(7-12(16)6-9)13(17)14(18)19/h1-7,13,17H,(H,18,19). The fourth-order valence-electron chi connectivity index (χ4n) is 1.72. The van der Waals surface area contributed by atoms with Gasteiger partial charge in [-0.3, -0.25) is 0 Å². The summed E-state index contributed by atoms with van der Waals surface area (Å²) in [6.45, 7) is 0. The summed E-state index contributed by atoms with van der Waals surface area (Å²) < 4.78 is 26.2. The summed E-state index contributed by atoms with van der Waals surface area (Å²) in [5.41, 5.74) is 0.835. The van der Waals surface area contributed by atoms with E-state index in [1.807, 2.05) is 0 Å². The minimum absolute atomic E-state index is 0.0631. The van der Waals surface area contributed by atoms with Gasteiger partial charge in [0.25, 0.3) is 0 Å². The predicted octanol–water partition coefficient (Wildman–Crippen LogP) is 2.75. The van der Waals surface area contributed by atoms with E-state index in [0.717, 1.165) is 6.07 Å². The zero-order chi connectivity index (χ0) is 14.0. The van der Waals surface area contributed by atoms with Crippen LogP contribution in [0.1, 0.15) is 11.7 Å². The average molecular weight is 264 g/mol. The van der Waals surface area contributed by atoms with E-state index in [9.17, 15) is 18.7 Å². The number of aliphatic carboxylic acids is 1. The molecule has 5 heteroatoms. The number of benzene rings is 2. The highest BCUT2D eigenvalue weighted by Crippen LogP contribution is 2.25. The molecule has 0 heterocycles.